The van der Waals surface area contributed by atoms with E-state index in [0.29, 0.717) is 18.4 Å². The van der Waals surface area contributed by atoms with Gasteiger partial charge < -0.3 is 40.1 Å². The Morgan fingerprint density at radius 3 is 2.45 bits per heavy atom. The van der Waals surface area contributed by atoms with Gasteiger partial charge in [-0.15, -0.1) is 0 Å². The van der Waals surface area contributed by atoms with Gasteiger partial charge in [-0.1, -0.05) is 25.5 Å². The predicted octanol–water partition coefficient (Wildman–Crippen LogP) is -0.188. The normalized spacial score (nSPS) is 51.9. The van der Waals surface area contributed by atoms with E-state index in [1.54, 1.807) is 20.8 Å². The first-order valence-corrected chi connectivity index (χ1v) is 13.6. The first-order chi connectivity index (χ1) is 18.5. The van der Waals surface area contributed by atoms with Crippen molar-refractivity contribution in [2.45, 2.75) is 94.5 Å². The molecule has 12 heteroatoms. The third kappa shape index (κ3) is 3.70. The van der Waals surface area contributed by atoms with Gasteiger partial charge in [-0.2, -0.15) is 0 Å². The Morgan fingerprint density at radius 1 is 1.12 bits per heavy atom. The molecule has 0 spiro atoms. The molecule has 0 aromatic rings. The Hall–Kier alpha value is -2.06. The number of Topliss-reactive ketones (excluding diaryl/α,β-unsaturated/α-hetero) is 1. The summed E-state index contributed by atoms with van der Waals surface area (Å²) in [6.45, 7) is 4.16. The first-order valence-electron chi connectivity index (χ1n) is 13.6. The van der Waals surface area contributed by atoms with Crippen LogP contribution in [0.2, 0.25) is 0 Å². The summed E-state index contributed by atoms with van der Waals surface area (Å²) in [7, 11) is 0. The number of aliphatic carboxylic acids is 1. The van der Waals surface area contributed by atoms with Crippen molar-refractivity contribution < 1.29 is 58.9 Å². The molecule has 5 rings (SSSR count). The molecular weight excluding hydrogens is 531 g/mol. The van der Waals surface area contributed by atoms with Crippen molar-refractivity contribution in [3.8, 4) is 0 Å². The largest absolute Gasteiger partial charge is 0.479 e. The summed E-state index contributed by atoms with van der Waals surface area (Å²) in [5, 5.41) is 62.8. The standard InChI is InChI=1S/C28H37FO11/c1-12-8-16-15-5-4-13-9-14(30)6-7-25(13,2)27(15,29)17(31)10-26(16,3)28(12,38)18(32)11-39-24-21(35)19(33)20(34)22(40-24)23(36)37/h6-7,9,12,15-17,19-22,24,31,33-35,38H,4-5,8,10-11H2,1-3H3,(H,36,37)/t12-,15+,16-,17+,19+,20+,21-,22+,24-,25+,26+,27+,28+/m1/s1. The molecule has 1 heterocycles. The van der Waals surface area contributed by atoms with Crippen LogP contribution < -0.4 is 0 Å². The number of ketones is 2. The van der Waals surface area contributed by atoms with E-state index in [2.05, 4.69) is 0 Å². The maximum Gasteiger partial charge on any atom is 0.335 e. The highest BCUT2D eigenvalue weighted by Gasteiger charge is 2.75. The van der Waals surface area contributed by atoms with Crippen LogP contribution in [0, 0.1) is 28.6 Å². The molecule has 0 radical (unpaired) electrons. The lowest BCUT2D eigenvalue weighted by Gasteiger charge is -2.62. The lowest BCUT2D eigenvalue weighted by molar-refractivity contribution is -0.293. The molecular formula is C28H37FO11. The highest BCUT2D eigenvalue weighted by atomic mass is 19.1. The van der Waals surface area contributed by atoms with E-state index >= 15 is 4.39 Å². The van der Waals surface area contributed by atoms with Crippen LogP contribution in [0.15, 0.2) is 23.8 Å². The number of ether oxygens (including phenoxy) is 2. The number of allylic oxidation sites excluding steroid dienone is 4. The number of halogens is 1. The summed E-state index contributed by atoms with van der Waals surface area (Å²) < 4.78 is 27.7. The highest BCUT2D eigenvalue weighted by molar-refractivity contribution is 6.01. The van der Waals surface area contributed by atoms with Gasteiger partial charge in [-0.25, -0.2) is 9.18 Å². The van der Waals surface area contributed by atoms with E-state index in [-0.39, 0.29) is 18.6 Å². The minimum absolute atomic E-state index is 0.233. The average molecular weight is 569 g/mol. The molecule has 3 saturated carbocycles. The number of hydrogen-bond donors (Lipinski definition) is 6. The number of hydrogen-bond acceptors (Lipinski definition) is 10. The number of aliphatic hydroxyl groups is 5. The van der Waals surface area contributed by atoms with E-state index in [1.807, 2.05) is 0 Å². The van der Waals surface area contributed by atoms with Crippen molar-refractivity contribution in [2.24, 2.45) is 28.6 Å². The topological polar surface area (TPSA) is 191 Å². The van der Waals surface area contributed by atoms with Crippen LogP contribution in [0.4, 0.5) is 4.39 Å². The SMILES string of the molecule is C[C@@H]1C[C@@H]2[C@@H]3CCC4=CC(=O)C=C[C@]4(C)[C@@]3(F)[C@@H](O)C[C@]2(C)[C@@]1(O)C(=O)CO[C@@H]1O[C@H](C(=O)O)[C@@H](O)[C@H](O)[C@H]1O. The summed E-state index contributed by atoms with van der Waals surface area (Å²) in [6, 6.07) is 0. The minimum atomic E-state index is -2.13. The Balaban J connectivity index is 1.40. The number of fused-ring (bicyclic) bond motifs is 5. The summed E-state index contributed by atoms with van der Waals surface area (Å²) in [5.74, 6) is -4.56. The van der Waals surface area contributed by atoms with Crippen LogP contribution in [-0.2, 0) is 23.9 Å². The van der Waals surface area contributed by atoms with Crippen molar-refractivity contribution in [1.29, 1.82) is 0 Å². The molecule has 5 aliphatic rings. The quantitative estimate of drug-likeness (QED) is 0.258. The lowest BCUT2D eigenvalue weighted by Crippen LogP contribution is -2.69. The Labute approximate surface area is 230 Å². The Morgan fingerprint density at radius 2 is 1.80 bits per heavy atom. The highest BCUT2D eigenvalue weighted by Crippen LogP contribution is 2.70. The van der Waals surface area contributed by atoms with Crippen LogP contribution in [0.25, 0.3) is 0 Å². The fraction of sp³-hybridized carbons (Fsp3) is 0.750. The molecule has 0 amide bonds. The first kappa shape index (κ1) is 29.4. The third-order valence-corrected chi connectivity index (χ3v) is 10.8. The average Bonchev–Trinajstić information content (AvgIpc) is 3.09. The number of alkyl halides is 1. The van der Waals surface area contributed by atoms with Gasteiger partial charge in [-0.05, 0) is 56.6 Å². The third-order valence-electron chi connectivity index (χ3n) is 10.8. The number of aliphatic hydroxyl groups excluding tert-OH is 4. The van der Waals surface area contributed by atoms with Crippen LogP contribution in [-0.4, -0.2) is 103 Å². The van der Waals surface area contributed by atoms with Crippen molar-refractivity contribution in [3.63, 3.8) is 0 Å². The summed E-state index contributed by atoms with van der Waals surface area (Å²) in [4.78, 5) is 37.0. The maximum atomic E-state index is 17.3. The zero-order valence-electron chi connectivity index (χ0n) is 22.6. The molecule has 222 valence electrons. The molecule has 1 saturated heterocycles. The number of carboxylic acid groups (broad SMARTS) is 1. The second kappa shape index (κ2) is 9.48. The van der Waals surface area contributed by atoms with E-state index < -0.39 is 95.0 Å². The maximum absolute atomic E-state index is 17.3. The van der Waals surface area contributed by atoms with E-state index in [9.17, 15) is 45.0 Å². The van der Waals surface area contributed by atoms with Gasteiger partial charge in [0, 0.05) is 16.7 Å². The zero-order valence-corrected chi connectivity index (χ0v) is 22.6. The van der Waals surface area contributed by atoms with Gasteiger partial charge in [0.25, 0.3) is 0 Å². The molecule has 1 aliphatic heterocycles. The van der Waals surface area contributed by atoms with Crippen LogP contribution in [0.5, 0.6) is 0 Å². The molecule has 0 aromatic heterocycles. The Kier molecular flexibility index (Phi) is 6.98. The van der Waals surface area contributed by atoms with Gasteiger partial charge in [0.2, 0.25) is 0 Å². The predicted molar refractivity (Wildman–Crippen MR) is 133 cm³/mol. The fourth-order valence-electron chi connectivity index (χ4n) is 8.60. The summed E-state index contributed by atoms with van der Waals surface area (Å²) in [6.07, 6.45) is -5.93. The second-order valence-electron chi connectivity index (χ2n) is 12.6. The van der Waals surface area contributed by atoms with E-state index in [0.717, 1.165) is 0 Å². The van der Waals surface area contributed by atoms with Gasteiger partial charge in [0.05, 0.1) is 6.10 Å². The molecule has 0 aromatic carbocycles. The monoisotopic (exact) mass is 568 g/mol. The Bertz CT molecular complexity index is 1170. The zero-order chi connectivity index (χ0) is 29.6. The molecule has 0 unspecified atom stereocenters. The molecule has 11 nitrogen and oxygen atoms in total. The van der Waals surface area contributed by atoms with Crippen LogP contribution in [0.1, 0.15) is 46.5 Å². The second-order valence-corrected chi connectivity index (χ2v) is 12.6. The van der Waals surface area contributed by atoms with Crippen molar-refractivity contribution in [2.75, 3.05) is 6.61 Å². The van der Waals surface area contributed by atoms with Crippen molar-refractivity contribution in [3.05, 3.63) is 23.8 Å². The molecule has 4 fully saturated rings. The van der Waals surface area contributed by atoms with Gasteiger partial charge in [-0.3, -0.25) is 9.59 Å². The van der Waals surface area contributed by atoms with Crippen molar-refractivity contribution >= 4 is 17.5 Å². The van der Waals surface area contributed by atoms with Gasteiger partial charge in [0.15, 0.2) is 29.6 Å². The smallest absolute Gasteiger partial charge is 0.335 e. The number of carboxylic acids is 1. The van der Waals surface area contributed by atoms with Gasteiger partial charge >= 0.3 is 5.97 Å². The van der Waals surface area contributed by atoms with E-state index in [1.165, 1.54) is 18.2 Å². The molecule has 40 heavy (non-hydrogen) atoms. The number of carbonyl (C=O) groups excluding carboxylic acids is 2. The number of carbonyl (C=O) groups is 3. The van der Waals surface area contributed by atoms with Crippen LogP contribution >= 0.6 is 0 Å². The van der Waals surface area contributed by atoms with E-state index in [4.69, 9.17) is 9.47 Å². The minimum Gasteiger partial charge on any atom is -0.479 e. The fourth-order valence-corrected chi connectivity index (χ4v) is 8.60. The molecule has 0 bridgehead atoms. The number of rotatable bonds is 5. The molecule has 13 atom stereocenters. The summed E-state index contributed by atoms with van der Waals surface area (Å²) in [5.41, 5.74) is -6.07. The molecule has 6 N–H and O–H groups in total. The van der Waals surface area contributed by atoms with Crippen molar-refractivity contribution in [1.82, 2.24) is 0 Å². The van der Waals surface area contributed by atoms with Gasteiger partial charge in [0.1, 0.15) is 30.5 Å². The lowest BCUT2D eigenvalue weighted by atomic mass is 9.44. The van der Waals surface area contributed by atoms with Crippen LogP contribution in [0.3, 0.4) is 0 Å². The summed E-state index contributed by atoms with van der Waals surface area (Å²) >= 11 is 0. The molecule has 4 aliphatic carbocycles.